The first-order valence-corrected chi connectivity index (χ1v) is 8.34. The monoisotopic (exact) mass is 355 g/mol. The van der Waals surface area contributed by atoms with E-state index in [1.807, 2.05) is 29.2 Å². The predicted molar refractivity (Wildman–Crippen MR) is 88.0 cm³/mol. The number of para-hydroxylation sites is 1. The maximum absolute atomic E-state index is 14.0. The average Bonchev–Trinajstić information content (AvgIpc) is 3.05. The van der Waals surface area contributed by atoms with E-state index in [1.165, 1.54) is 6.20 Å². The molecule has 2 aromatic rings. The lowest BCUT2D eigenvalue weighted by Gasteiger charge is -2.39. The number of aromatic nitrogens is 2. The van der Waals surface area contributed by atoms with Gasteiger partial charge in [-0.25, -0.2) is 15.0 Å². The van der Waals surface area contributed by atoms with Gasteiger partial charge in [-0.1, -0.05) is 16.6 Å². The Balaban J connectivity index is 1.45. The summed E-state index contributed by atoms with van der Waals surface area (Å²) in [5.41, 5.74) is 0.807. The molecule has 6 rings (SSSR count). The molecule has 1 aliphatic carbocycles. The van der Waals surface area contributed by atoms with Gasteiger partial charge in [0.25, 0.3) is 11.8 Å². The van der Waals surface area contributed by atoms with Gasteiger partial charge in [-0.15, -0.1) is 0 Å². The number of aliphatic imine (C=N–C) groups is 1. The van der Waals surface area contributed by atoms with E-state index in [4.69, 9.17) is 4.52 Å². The summed E-state index contributed by atoms with van der Waals surface area (Å²) in [5, 5.41) is 18.3. The average molecular weight is 355 g/mol. The van der Waals surface area contributed by atoms with Gasteiger partial charge in [0, 0.05) is 5.56 Å². The van der Waals surface area contributed by atoms with Crippen LogP contribution in [0.2, 0.25) is 0 Å². The minimum atomic E-state index is -1.00. The maximum atomic E-state index is 14.0. The summed E-state index contributed by atoms with van der Waals surface area (Å²) >= 11 is 0. The van der Waals surface area contributed by atoms with Crippen LogP contribution in [0.25, 0.3) is 0 Å². The molecule has 0 bridgehead atoms. The van der Waals surface area contributed by atoms with Gasteiger partial charge < -0.3 is 14.5 Å². The zero-order chi connectivity index (χ0) is 17.5. The summed E-state index contributed by atoms with van der Waals surface area (Å²) in [7, 11) is 0. The zero-order valence-electron chi connectivity index (χ0n) is 13.6. The van der Waals surface area contributed by atoms with E-state index in [9.17, 15) is 9.59 Å². The van der Waals surface area contributed by atoms with E-state index in [0.717, 1.165) is 11.3 Å². The molecular weight excluding hydrogens is 341 g/mol. The molecule has 0 amide bonds. The Morgan fingerprint density at radius 1 is 1.23 bits per heavy atom. The molecule has 0 spiro atoms. The molecule has 3 aliphatic heterocycles. The number of anilines is 2. The highest BCUT2D eigenvalue weighted by atomic mass is 19.2. The number of amidine groups is 1. The normalized spacial score (nSPS) is 22.1. The van der Waals surface area contributed by atoms with E-state index < -0.39 is 5.60 Å². The van der Waals surface area contributed by atoms with Crippen LogP contribution in [0.4, 0.5) is 16.1 Å². The molecule has 9 nitrogen and oxygen atoms in total. The molecule has 0 saturated heterocycles. The number of nitrogens with zero attached hydrogens (tertiary/aromatic N) is 7. The third kappa shape index (κ3) is 1.74. The van der Waals surface area contributed by atoms with E-state index in [2.05, 4.69) is 15.1 Å². The van der Waals surface area contributed by atoms with Gasteiger partial charge in [-0.05, 0) is 30.1 Å². The zero-order valence-corrected chi connectivity index (χ0v) is 13.6. The van der Waals surface area contributed by atoms with Crippen LogP contribution in [0.3, 0.4) is 0 Å². The number of benzene rings is 1. The first-order valence-electron chi connectivity index (χ1n) is 8.34. The second kappa shape index (κ2) is 4.52. The molecule has 4 heterocycles. The van der Waals surface area contributed by atoms with Crippen molar-refractivity contribution in [2.24, 2.45) is 4.99 Å². The van der Waals surface area contributed by atoms with E-state index >= 15 is 0 Å². The largest absolute Gasteiger partial charge is 0.380 e. The van der Waals surface area contributed by atoms with Crippen LogP contribution in [-0.2, 0) is 5.60 Å². The maximum Gasteiger partial charge on any atom is 0.287 e. The van der Waals surface area contributed by atoms with Gasteiger partial charge in [0.05, 0.1) is 11.9 Å². The Hall–Kier alpha value is -3.14. The molecule has 26 heavy (non-hydrogen) atoms. The fraction of sp³-hybridized carbons (Fsp3) is 0.312. The molecule has 1 saturated carbocycles. The summed E-state index contributed by atoms with van der Waals surface area (Å²) in [6.45, 7) is 0.375. The van der Waals surface area contributed by atoms with Gasteiger partial charge in [0.1, 0.15) is 18.9 Å². The van der Waals surface area contributed by atoms with Gasteiger partial charge >= 0.3 is 0 Å². The lowest BCUT2D eigenvalue weighted by molar-refractivity contribution is 0.104. The molecule has 10 heteroatoms. The lowest BCUT2D eigenvalue weighted by atomic mass is 10.1. The van der Waals surface area contributed by atoms with Crippen molar-refractivity contribution in [3.63, 3.8) is 0 Å². The van der Waals surface area contributed by atoms with Gasteiger partial charge in [0.2, 0.25) is 0 Å². The van der Waals surface area contributed by atoms with E-state index in [-0.39, 0.29) is 25.2 Å². The van der Waals surface area contributed by atoms with Crippen LogP contribution >= 0.6 is 0 Å². The molecule has 132 valence electrons. The van der Waals surface area contributed by atoms with Crippen LogP contribution < -0.4 is 9.91 Å². The van der Waals surface area contributed by atoms with Crippen LogP contribution in [0.1, 0.15) is 24.3 Å². The van der Waals surface area contributed by atoms with Crippen molar-refractivity contribution >= 4 is 17.5 Å². The standard InChI is InChI=1S/C16H14FN7O2/c17-21-7-12-22(9-21)11-4-2-1-3-10(11)13-18-8-23(24(12)13)15-19-14(26-20-15)16(25)5-6-16/h1-4,7,25H,5-6,8-9H2. The van der Waals surface area contributed by atoms with E-state index in [1.54, 1.807) is 10.0 Å². The highest BCUT2D eigenvalue weighted by Gasteiger charge is 2.49. The Morgan fingerprint density at radius 3 is 2.92 bits per heavy atom. The number of hydrogen-bond acceptors (Lipinski definition) is 9. The molecule has 0 atom stereocenters. The SMILES string of the molecule is OC1(c2nc(N3CN=C4c5ccccc5N5CN(F)C=C5N43)no2)CC1. The Bertz CT molecular complexity index is 982. The number of rotatable bonds is 2. The number of halogens is 1. The predicted octanol–water partition coefficient (Wildman–Crippen LogP) is 1.27. The van der Waals surface area contributed by atoms with Gasteiger partial charge in [0.15, 0.2) is 11.7 Å². The summed E-state index contributed by atoms with van der Waals surface area (Å²) < 4.78 is 19.3. The Kier molecular flexibility index (Phi) is 2.45. The van der Waals surface area contributed by atoms with Gasteiger partial charge in [-0.3, -0.25) is 0 Å². The van der Waals surface area contributed by atoms with Crippen molar-refractivity contribution in [3.05, 3.63) is 47.7 Å². The first kappa shape index (κ1) is 14.1. The summed E-state index contributed by atoms with van der Waals surface area (Å²) in [6.07, 6.45) is 2.64. The second-order valence-electron chi connectivity index (χ2n) is 6.74. The van der Waals surface area contributed by atoms with Crippen molar-refractivity contribution in [2.45, 2.75) is 18.4 Å². The quantitative estimate of drug-likeness (QED) is 0.807. The van der Waals surface area contributed by atoms with Gasteiger partial charge in [-0.2, -0.15) is 10.1 Å². The molecule has 1 aromatic carbocycles. The molecule has 1 N–H and O–H groups in total. The Labute approximate surface area is 147 Å². The van der Waals surface area contributed by atoms with Crippen molar-refractivity contribution in [2.75, 3.05) is 23.2 Å². The topological polar surface area (TPSA) is 84.5 Å². The van der Waals surface area contributed by atoms with Crippen LogP contribution in [0.5, 0.6) is 0 Å². The lowest BCUT2D eigenvalue weighted by Crippen LogP contribution is -2.49. The third-order valence-electron chi connectivity index (χ3n) is 5.03. The summed E-state index contributed by atoms with van der Waals surface area (Å²) in [4.78, 5) is 10.8. The van der Waals surface area contributed by atoms with Crippen molar-refractivity contribution in [1.29, 1.82) is 0 Å². The van der Waals surface area contributed by atoms with E-state index in [0.29, 0.717) is 29.6 Å². The smallest absolute Gasteiger partial charge is 0.287 e. The van der Waals surface area contributed by atoms with Crippen LogP contribution in [-0.4, -0.2) is 44.6 Å². The highest BCUT2D eigenvalue weighted by Crippen LogP contribution is 2.45. The molecule has 1 aromatic heterocycles. The Morgan fingerprint density at radius 2 is 2.08 bits per heavy atom. The number of hydrogen-bond donors (Lipinski definition) is 1. The molecule has 1 fully saturated rings. The van der Waals surface area contributed by atoms with Crippen molar-refractivity contribution in [1.82, 2.24) is 20.3 Å². The molecule has 4 aliphatic rings. The third-order valence-corrected chi connectivity index (χ3v) is 5.03. The fourth-order valence-corrected chi connectivity index (χ4v) is 3.51. The minimum Gasteiger partial charge on any atom is -0.380 e. The molecular formula is C16H14FN7O2. The molecule has 0 unspecified atom stereocenters. The summed E-state index contributed by atoms with van der Waals surface area (Å²) in [6, 6.07) is 7.74. The minimum absolute atomic E-state index is 0.0984. The molecule has 0 radical (unpaired) electrons. The highest BCUT2D eigenvalue weighted by molar-refractivity contribution is 6.08. The van der Waals surface area contributed by atoms with Crippen LogP contribution in [0.15, 0.2) is 45.8 Å². The van der Waals surface area contributed by atoms with Crippen LogP contribution in [0, 0.1) is 0 Å². The second-order valence-corrected chi connectivity index (χ2v) is 6.74. The van der Waals surface area contributed by atoms with Crippen molar-refractivity contribution in [3.8, 4) is 0 Å². The number of hydrazine groups is 1. The fourth-order valence-electron chi connectivity index (χ4n) is 3.51. The first-order chi connectivity index (χ1) is 12.6. The number of fused-ring (bicyclic) bond motifs is 6. The number of aliphatic hydroxyl groups is 1. The summed E-state index contributed by atoms with van der Waals surface area (Å²) in [5.74, 6) is 1.83. The van der Waals surface area contributed by atoms with Crippen molar-refractivity contribution < 1.29 is 14.1 Å².